The number of anilines is 1. The Kier molecular flexibility index (Phi) is 4.75. The van der Waals surface area contributed by atoms with Gasteiger partial charge in [0.25, 0.3) is 10.0 Å². The van der Waals surface area contributed by atoms with Crippen molar-refractivity contribution in [2.75, 3.05) is 11.8 Å². The predicted octanol–water partition coefficient (Wildman–Crippen LogP) is 3.32. The molecule has 5 nitrogen and oxygen atoms in total. The molecule has 0 amide bonds. The molecule has 23 heavy (non-hydrogen) atoms. The van der Waals surface area contributed by atoms with Crippen LogP contribution in [-0.4, -0.2) is 21.3 Å². The summed E-state index contributed by atoms with van der Waals surface area (Å²) < 4.78 is 32.9. The van der Waals surface area contributed by atoms with Crippen molar-refractivity contribution in [3.8, 4) is 5.75 Å². The van der Waals surface area contributed by atoms with E-state index >= 15 is 0 Å². The van der Waals surface area contributed by atoms with Crippen molar-refractivity contribution in [2.24, 2.45) is 0 Å². The number of nitrogens with one attached hydrogen (secondary N) is 1. The molecular weight excluding hydrogens is 314 g/mol. The van der Waals surface area contributed by atoms with Gasteiger partial charge in [0.15, 0.2) is 5.78 Å². The minimum atomic E-state index is -3.72. The molecule has 0 radical (unpaired) electrons. The van der Waals surface area contributed by atoms with Gasteiger partial charge in [0.2, 0.25) is 0 Å². The zero-order valence-corrected chi connectivity index (χ0v) is 14.3. The molecule has 0 aliphatic carbocycles. The minimum Gasteiger partial charge on any atom is -0.496 e. The number of sulfonamides is 1. The lowest BCUT2D eigenvalue weighted by molar-refractivity contribution is 0.101. The van der Waals surface area contributed by atoms with E-state index < -0.39 is 10.0 Å². The first-order chi connectivity index (χ1) is 10.7. The van der Waals surface area contributed by atoms with E-state index in [0.717, 1.165) is 5.56 Å². The Morgan fingerprint density at radius 1 is 1.04 bits per heavy atom. The molecule has 0 heterocycles. The molecule has 0 spiro atoms. The Hall–Kier alpha value is -2.34. The summed E-state index contributed by atoms with van der Waals surface area (Å²) in [7, 11) is -2.17. The lowest BCUT2D eigenvalue weighted by Crippen LogP contribution is -2.14. The summed E-state index contributed by atoms with van der Waals surface area (Å²) in [5.74, 6) is 0.577. The first kappa shape index (κ1) is 17.0. The number of hydrogen-bond donors (Lipinski definition) is 1. The van der Waals surface area contributed by atoms with Gasteiger partial charge in [-0.25, -0.2) is 8.42 Å². The number of ketones is 1. The van der Waals surface area contributed by atoms with Crippen molar-refractivity contribution in [1.29, 1.82) is 0 Å². The molecule has 0 aromatic heterocycles. The van der Waals surface area contributed by atoms with E-state index in [1.54, 1.807) is 57.4 Å². The third-order valence-electron chi connectivity index (χ3n) is 3.53. The number of aryl methyl sites for hydroxylation is 2. The summed E-state index contributed by atoms with van der Waals surface area (Å²) in [5, 5.41) is 0. The number of benzene rings is 2. The highest BCUT2D eigenvalue weighted by Crippen LogP contribution is 2.27. The number of methoxy groups -OCH3 is 1. The fourth-order valence-corrected chi connectivity index (χ4v) is 3.63. The first-order valence-corrected chi connectivity index (χ1v) is 8.52. The molecule has 2 rings (SSSR count). The topological polar surface area (TPSA) is 72.5 Å². The third kappa shape index (κ3) is 3.71. The van der Waals surface area contributed by atoms with Gasteiger partial charge in [-0.15, -0.1) is 0 Å². The minimum absolute atomic E-state index is 0.0685. The van der Waals surface area contributed by atoms with E-state index in [-0.39, 0.29) is 10.7 Å². The lowest BCUT2D eigenvalue weighted by Gasteiger charge is -2.13. The normalized spacial score (nSPS) is 11.1. The number of hydrogen-bond acceptors (Lipinski definition) is 4. The predicted molar refractivity (Wildman–Crippen MR) is 89.7 cm³/mol. The standard InChI is InChI=1S/C17H19NO4S/c1-11-10-17(12(2)9-16(11)22-4)23(20,21)18-15-7-5-14(6-8-15)13(3)19/h5-10,18H,1-4H3. The Morgan fingerprint density at radius 3 is 2.17 bits per heavy atom. The molecule has 0 saturated carbocycles. The van der Waals surface area contributed by atoms with Gasteiger partial charge in [0, 0.05) is 11.3 Å². The molecule has 0 unspecified atom stereocenters. The average molecular weight is 333 g/mol. The third-order valence-corrected chi connectivity index (χ3v) is 5.05. The summed E-state index contributed by atoms with van der Waals surface area (Å²) in [4.78, 5) is 11.5. The Morgan fingerprint density at radius 2 is 1.65 bits per heavy atom. The number of rotatable bonds is 5. The molecule has 0 aliphatic rings. The number of carbonyl (C=O) groups is 1. The molecule has 0 fully saturated rings. The number of Topliss-reactive ketones (excluding diaryl/α,β-unsaturated/α-hetero) is 1. The first-order valence-electron chi connectivity index (χ1n) is 7.03. The highest BCUT2D eigenvalue weighted by Gasteiger charge is 2.19. The summed E-state index contributed by atoms with van der Waals surface area (Å²) in [6.45, 7) is 4.97. The molecule has 2 aromatic carbocycles. The molecule has 0 atom stereocenters. The monoisotopic (exact) mass is 333 g/mol. The van der Waals surface area contributed by atoms with Crippen LogP contribution in [0.4, 0.5) is 5.69 Å². The maximum atomic E-state index is 12.6. The second-order valence-electron chi connectivity index (χ2n) is 5.33. The van der Waals surface area contributed by atoms with Gasteiger partial charge in [-0.05, 0) is 68.3 Å². The molecule has 6 heteroatoms. The van der Waals surface area contributed by atoms with E-state index in [0.29, 0.717) is 22.6 Å². The van der Waals surface area contributed by atoms with Crippen molar-refractivity contribution < 1.29 is 17.9 Å². The van der Waals surface area contributed by atoms with Gasteiger partial charge in [0.1, 0.15) is 5.75 Å². The molecule has 1 N–H and O–H groups in total. The fraction of sp³-hybridized carbons (Fsp3) is 0.235. The van der Waals surface area contributed by atoms with Crippen molar-refractivity contribution in [1.82, 2.24) is 0 Å². The van der Waals surface area contributed by atoms with Crippen molar-refractivity contribution in [2.45, 2.75) is 25.7 Å². The molecule has 0 aliphatic heterocycles. The summed E-state index contributed by atoms with van der Waals surface area (Å²) in [5.41, 5.74) is 2.28. The maximum Gasteiger partial charge on any atom is 0.262 e. The van der Waals surface area contributed by atoms with Crippen LogP contribution in [0.25, 0.3) is 0 Å². The van der Waals surface area contributed by atoms with Crippen LogP contribution in [0.15, 0.2) is 41.3 Å². The molecule has 2 aromatic rings. The van der Waals surface area contributed by atoms with Gasteiger partial charge in [0.05, 0.1) is 12.0 Å². The molecular formula is C17H19NO4S. The molecule has 0 bridgehead atoms. The second-order valence-corrected chi connectivity index (χ2v) is 6.98. The molecule has 122 valence electrons. The van der Waals surface area contributed by atoms with Crippen LogP contribution in [0.2, 0.25) is 0 Å². The van der Waals surface area contributed by atoms with E-state index in [9.17, 15) is 13.2 Å². The van der Waals surface area contributed by atoms with Gasteiger partial charge in [-0.3, -0.25) is 9.52 Å². The van der Waals surface area contributed by atoms with Gasteiger partial charge >= 0.3 is 0 Å². The van der Waals surface area contributed by atoms with E-state index in [1.165, 1.54) is 6.92 Å². The van der Waals surface area contributed by atoms with Crippen molar-refractivity contribution in [3.63, 3.8) is 0 Å². The zero-order chi connectivity index (χ0) is 17.2. The Balaban J connectivity index is 2.35. The SMILES string of the molecule is COc1cc(C)c(S(=O)(=O)Nc2ccc(C(C)=O)cc2)cc1C. The Bertz CT molecular complexity index is 840. The van der Waals surface area contributed by atoms with E-state index in [4.69, 9.17) is 4.74 Å². The van der Waals surface area contributed by atoms with Crippen LogP contribution in [0, 0.1) is 13.8 Å². The van der Waals surface area contributed by atoms with Gasteiger partial charge in [-0.2, -0.15) is 0 Å². The van der Waals surface area contributed by atoms with Crippen LogP contribution in [0.5, 0.6) is 5.75 Å². The van der Waals surface area contributed by atoms with Crippen LogP contribution >= 0.6 is 0 Å². The van der Waals surface area contributed by atoms with Gasteiger partial charge in [-0.1, -0.05) is 0 Å². The lowest BCUT2D eigenvalue weighted by atomic mass is 10.1. The summed E-state index contributed by atoms with van der Waals surface area (Å²) in [6, 6.07) is 9.60. The summed E-state index contributed by atoms with van der Waals surface area (Å²) in [6.07, 6.45) is 0. The van der Waals surface area contributed by atoms with E-state index in [2.05, 4.69) is 4.72 Å². The van der Waals surface area contributed by atoms with Crippen LogP contribution in [0.3, 0.4) is 0 Å². The van der Waals surface area contributed by atoms with Crippen LogP contribution in [-0.2, 0) is 10.0 Å². The maximum absolute atomic E-state index is 12.6. The van der Waals surface area contributed by atoms with Crippen molar-refractivity contribution >= 4 is 21.5 Å². The number of ether oxygens (including phenoxy) is 1. The van der Waals surface area contributed by atoms with Gasteiger partial charge < -0.3 is 4.74 Å². The van der Waals surface area contributed by atoms with Crippen LogP contribution in [0.1, 0.15) is 28.4 Å². The van der Waals surface area contributed by atoms with Crippen molar-refractivity contribution in [3.05, 3.63) is 53.1 Å². The fourth-order valence-electron chi connectivity index (χ4n) is 2.26. The second kappa shape index (κ2) is 6.42. The smallest absolute Gasteiger partial charge is 0.262 e. The highest BCUT2D eigenvalue weighted by atomic mass is 32.2. The quantitative estimate of drug-likeness (QED) is 0.852. The summed E-state index contributed by atoms with van der Waals surface area (Å²) >= 11 is 0. The zero-order valence-electron chi connectivity index (χ0n) is 13.5. The number of carbonyl (C=O) groups excluding carboxylic acids is 1. The Labute approximate surface area is 136 Å². The van der Waals surface area contributed by atoms with Crippen LogP contribution < -0.4 is 9.46 Å². The highest BCUT2D eigenvalue weighted by molar-refractivity contribution is 7.92. The molecule has 0 saturated heterocycles. The van der Waals surface area contributed by atoms with E-state index in [1.807, 2.05) is 0 Å². The average Bonchev–Trinajstić information content (AvgIpc) is 2.49. The largest absolute Gasteiger partial charge is 0.496 e.